The molecular weight excluding hydrogens is 322 g/mol. The van der Waals surface area contributed by atoms with E-state index in [1.54, 1.807) is 6.07 Å². The Morgan fingerprint density at radius 3 is 2.64 bits per heavy atom. The van der Waals surface area contributed by atoms with Crippen LogP contribution in [-0.2, 0) is 15.4 Å². The van der Waals surface area contributed by atoms with Crippen molar-refractivity contribution in [1.82, 2.24) is 19.1 Å². The molecule has 22 heavy (non-hydrogen) atoms. The first-order valence-electron chi connectivity index (χ1n) is 6.77. The topological polar surface area (TPSA) is 96.9 Å². The summed E-state index contributed by atoms with van der Waals surface area (Å²) in [6, 6.07) is 3.09. The molecule has 0 atom stereocenters. The molecule has 0 fully saturated rings. The van der Waals surface area contributed by atoms with Crippen molar-refractivity contribution in [2.75, 3.05) is 18.4 Å². The Morgan fingerprint density at radius 1 is 1.27 bits per heavy atom. The fourth-order valence-corrected chi connectivity index (χ4v) is 3.32. The van der Waals surface area contributed by atoms with Crippen LogP contribution in [0, 0.1) is 0 Å². The van der Waals surface area contributed by atoms with Gasteiger partial charge in [-0.1, -0.05) is 20.8 Å². The zero-order chi connectivity index (χ0) is 16.2. The first-order valence-corrected chi connectivity index (χ1v) is 9.02. The van der Waals surface area contributed by atoms with Crippen LogP contribution in [-0.4, -0.2) is 35.8 Å². The van der Waals surface area contributed by atoms with Gasteiger partial charge in [0.2, 0.25) is 15.2 Å². The normalized spacial score (nSPS) is 12.3. The van der Waals surface area contributed by atoms with Crippen LogP contribution >= 0.6 is 11.5 Å². The van der Waals surface area contributed by atoms with Crippen molar-refractivity contribution in [3.63, 3.8) is 0 Å². The van der Waals surface area contributed by atoms with Crippen molar-refractivity contribution >= 4 is 26.7 Å². The molecule has 0 saturated heterocycles. The second kappa shape index (κ2) is 6.67. The molecule has 0 aliphatic carbocycles. The molecular formula is C13H19N5O2S2. The molecule has 0 radical (unpaired) electrons. The summed E-state index contributed by atoms with van der Waals surface area (Å²) in [6.07, 6.45) is 2.85. The van der Waals surface area contributed by atoms with Crippen molar-refractivity contribution in [2.24, 2.45) is 0 Å². The maximum Gasteiger partial charge on any atom is 0.242 e. The quantitative estimate of drug-likeness (QED) is 0.775. The summed E-state index contributed by atoms with van der Waals surface area (Å²) in [6.45, 7) is 6.81. The molecule has 2 N–H and O–H groups in total. The monoisotopic (exact) mass is 341 g/mol. The lowest BCUT2D eigenvalue weighted by Gasteiger charge is -2.12. The molecule has 0 amide bonds. The molecule has 2 rings (SSSR count). The molecule has 0 aliphatic heterocycles. The van der Waals surface area contributed by atoms with Crippen molar-refractivity contribution in [3.05, 3.63) is 30.4 Å². The van der Waals surface area contributed by atoms with Crippen LogP contribution in [0.1, 0.15) is 26.6 Å². The smallest absolute Gasteiger partial charge is 0.242 e. The third-order valence-corrected chi connectivity index (χ3v) is 4.85. The van der Waals surface area contributed by atoms with Gasteiger partial charge in [0.15, 0.2) is 0 Å². The minimum Gasteiger partial charge on any atom is -0.359 e. The molecule has 0 aliphatic rings. The third-order valence-electron chi connectivity index (χ3n) is 2.73. The lowest BCUT2D eigenvalue weighted by atomic mass is 9.96. The van der Waals surface area contributed by atoms with Crippen LogP contribution in [0.25, 0.3) is 0 Å². The van der Waals surface area contributed by atoms with E-state index in [4.69, 9.17) is 0 Å². The van der Waals surface area contributed by atoms with Crippen LogP contribution in [0.4, 0.5) is 5.13 Å². The van der Waals surface area contributed by atoms with E-state index in [2.05, 4.69) is 24.4 Å². The van der Waals surface area contributed by atoms with Gasteiger partial charge in [-0.15, -0.1) is 0 Å². The van der Waals surface area contributed by atoms with Gasteiger partial charge >= 0.3 is 0 Å². The second-order valence-electron chi connectivity index (χ2n) is 5.69. The molecule has 0 unspecified atom stereocenters. The first kappa shape index (κ1) is 16.8. The van der Waals surface area contributed by atoms with Crippen LogP contribution < -0.4 is 10.0 Å². The highest BCUT2D eigenvalue weighted by Gasteiger charge is 2.19. The Morgan fingerprint density at radius 2 is 2.05 bits per heavy atom. The largest absolute Gasteiger partial charge is 0.359 e. The summed E-state index contributed by atoms with van der Waals surface area (Å²) in [5.41, 5.74) is -0.0989. The Labute approximate surface area is 134 Å². The summed E-state index contributed by atoms with van der Waals surface area (Å²) in [5, 5.41) is 3.75. The maximum absolute atomic E-state index is 12.0. The molecule has 0 spiro atoms. The zero-order valence-electron chi connectivity index (χ0n) is 12.7. The zero-order valence-corrected chi connectivity index (χ0v) is 14.3. The van der Waals surface area contributed by atoms with Crippen LogP contribution in [0.15, 0.2) is 29.4 Å². The van der Waals surface area contributed by atoms with E-state index in [9.17, 15) is 8.42 Å². The molecule has 7 nitrogen and oxygen atoms in total. The number of aromatic nitrogens is 3. The van der Waals surface area contributed by atoms with E-state index in [0.29, 0.717) is 11.7 Å². The predicted molar refractivity (Wildman–Crippen MR) is 86.5 cm³/mol. The highest BCUT2D eigenvalue weighted by Crippen LogP contribution is 2.22. The molecule has 9 heteroatoms. The predicted octanol–water partition coefficient (Wildman–Crippen LogP) is 1.62. The molecule has 0 saturated carbocycles. The lowest BCUT2D eigenvalue weighted by molar-refractivity contribution is 0.555. The third kappa shape index (κ3) is 4.46. The number of pyridine rings is 1. The fourth-order valence-electron chi connectivity index (χ4n) is 1.54. The molecule has 0 bridgehead atoms. The maximum atomic E-state index is 12.0. The van der Waals surface area contributed by atoms with E-state index >= 15 is 0 Å². The summed E-state index contributed by atoms with van der Waals surface area (Å²) in [7, 11) is -3.52. The number of rotatable bonds is 6. The van der Waals surface area contributed by atoms with Gasteiger partial charge in [0.25, 0.3) is 0 Å². The second-order valence-corrected chi connectivity index (χ2v) is 8.21. The Kier molecular flexibility index (Phi) is 5.09. The van der Waals surface area contributed by atoms with E-state index in [1.807, 2.05) is 20.8 Å². The number of sulfonamides is 1. The first-order chi connectivity index (χ1) is 10.3. The summed E-state index contributed by atoms with van der Waals surface area (Å²) in [5.74, 6) is 0.774. The van der Waals surface area contributed by atoms with Crippen molar-refractivity contribution in [3.8, 4) is 0 Å². The number of anilines is 1. The molecule has 2 heterocycles. The van der Waals surface area contributed by atoms with Crippen LogP contribution in [0.3, 0.4) is 0 Å². The number of hydrogen-bond donors (Lipinski definition) is 2. The average Bonchev–Trinajstić information content (AvgIpc) is 2.94. The van der Waals surface area contributed by atoms with Gasteiger partial charge < -0.3 is 5.32 Å². The molecule has 2 aromatic heterocycles. The number of hydrogen-bond acceptors (Lipinski definition) is 7. The van der Waals surface area contributed by atoms with Crippen LogP contribution in [0.5, 0.6) is 0 Å². The molecule has 2 aromatic rings. The molecule has 0 aromatic carbocycles. The highest BCUT2D eigenvalue weighted by molar-refractivity contribution is 7.89. The van der Waals surface area contributed by atoms with Gasteiger partial charge in [0.05, 0.1) is 0 Å². The SMILES string of the molecule is CC(C)(C)c1nsc(NCCNS(=O)(=O)c2cccnc2)n1. The van der Waals surface area contributed by atoms with Gasteiger partial charge in [0, 0.05) is 42.4 Å². The van der Waals surface area contributed by atoms with E-state index in [-0.39, 0.29) is 16.9 Å². The van der Waals surface area contributed by atoms with E-state index < -0.39 is 10.0 Å². The van der Waals surface area contributed by atoms with Gasteiger partial charge in [-0.2, -0.15) is 4.37 Å². The van der Waals surface area contributed by atoms with Gasteiger partial charge in [-0.25, -0.2) is 18.1 Å². The minimum atomic E-state index is -3.52. The van der Waals surface area contributed by atoms with Crippen molar-refractivity contribution < 1.29 is 8.42 Å². The number of nitrogens with one attached hydrogen (secondary N) is 2. The van der Waals surface area contributed by atoms with Gasteiger partial charge in [0.1, 0.15) is 10.7 Å². The summed E-state index contributed by atoms with van der Waals surface area (Å²) < 4.78 is 30.7. The summed E-state index contributed by atoms with van der Waals surface area (Å²) >= 11 is 1.27. The summed E-state index contributed by atoms with van der Waals surface area (Å²) in [4.78, 5) is 8.34. The Bertz CT molecular complexity index is 708. The minimum absolute atomic E-state index is 0.0989. The lowest BCUT2D eigenvalue weighted by Crippen LogP contribution is -2.29. The number of nitrogens with zero attached hydrogens (tertiary/aromatic N) is 3. The van der Waals surface area contributed by atoms with E-state index in [0.717, 1.165) is 5.82 Å². The standard InChI is InChI=1S/C13H19N5O2S2/c1-13(2,3)11-17-12(21-18-11)15-7-8-16-22(19,20)10-5-4-6-14-9-10/h4-6,9,16H,7-8H2,1-3H3,(H,15,17,18). The van der Waals surface area contributed by atoms with E-state index in [1.165, 1.54) is 30.0 Å². The molecule has 120 valence electrons. The highest BCUT2D eigenvalue weighted by atomic mass is 32.2. The van der Waals surface area contributed by atoms with Crippen molar-refractivity contribution in [2.45, 2.75) is 31.1 Å². The van der Waals surface area contributed by atoms with Crippen molar-refractivity contribution in [1.29, 1.82) is 0 Å². The Balaban J connectivity index is 1.84. The average molecular weight is 341 g/mol. The Hall–Kier alpha value is -1.58. The fraction of sp³-hybridized carbons (Fsp3) is 0.462. The van der Waals surface area contributed by atoms with Gasteiger partial charge in [-0.05, 0) is 12.1 Å². The van der Waals surface area contributed by atoms with Crippen LogP contribution in [0.2, 0.25) is 0 Å². The van der Waals surface area contributed by atoms with Gasteiger partial charge in [-0.3, -0.25) is 4.98 Å².